The van der Waals surface area contributed by atoms with E-state index in [1.54, 1.807) is 0 Å². The van der Waals surface area contributed by atoms with Crippen LogP contribution in [0, 0.1) is 13.8 Å². The number of aromatic nitrogens is 3. The zero-order valence-corrected chi connectivity index (χ0v) is 20.1. The summed E-state index contributed by atoms with van der Waals surface area (Å²) in [6.45, 7) is 4.11. The fourth-order valence-electron chi connectivity index (χ4n) is 5.18. The largest absolute Gasteiger partial charge is 0.437 e. The first-order valence-electron chi connectivity index (χ1n) is 12.1. The van der Waals surface area contributed by atoms with Gasteiger partial charge in [-0.3, -0.25) is 4.57 Å². The zero-order valence-electron chi connectivity index (χ0n) is 20.1. The van der Waals surface area contributed by atoms with Gasteiger partial charge in [-0.25, -0.2) is 9.97 Å². The van der Waals surface area contributed by atoms with E-state index in [0.717, 1.165) is 66.8 Å². The van der Waals surface area contributed by atoms with Crippen molar-refractivity contribution in [1.29, 1.82) is 0 Å². The van der Waals surface area contributed by atoms with Gasteiger partial charge in [0.2, 0.25) is 5.71 Å². The number of benzene rings is 4. The average molecular weight is 466 g/mol. The third-order valence-electron chi connectivity index (χ3n) is 6.87. The van der Waals surface area contributed by atoms with E-state index in [1.807, 2.05) is 25.1 Å². The lowest BCUT2D eigenvalue weighted by Gasteiger charge is -2.15. The second kappa shape index (κ2) is 7.92. The molecule has 0 saturated carbocycles. The molecule has 0 aliphatic carbocycles. The molecule has 3 heterocycles. The summed E-state index contributed by atoms with van der Waals surface area (Å²) in [6, 6.07) is 35.7. The number of rotatable bonds is 3. The maximum atomic E-state index is 6.44. The molecule has 0 fully saturated rings. The third kappa shape index (κ3) is 3.08. The van der Waals surface area contributed by atoms with Crippen molar-refractivity contribution >= 4 is 33.1 Å². The van der Waals surface area contributed by atoms with Gasteiger partial charge in [0.05, 0.1) is 22.3 Å². The predicted molar refractivity (Wildman–Crippen MR) is 146 cm³/mol. The molecule has 3 aromatic heterocycles. The monoisotopic (exact) mass is 465 g/mol. The van der Waals surface area contributed by atoms with Crippen molar-refractivity contribution in [3.63, 3.8) is 0 Å². The lowest BCUT2D eigenvalue weighted by molar-refractivity contribution is 0.653. The van der Waals surface area contributed by atoms with Crippen LogP contribution in [0.5, 0.6) is 0 Å². The Morgan fingerprint density at radius 1 is 0.667 bits per heavy atom. The molecule has 0 bridgehead atoms. The summed E-state index contributed by atoms with van der Waals surface area (Å²) in [5.41, 5.74) is 9.89. The number of hydrogen-bond donors (Lipinski definition) is 0. The first-order valence-corrected chi connectivity index (χ1v) is 12.1. The van der Waals surface area contributed by atoms with Crippen LogP contribution >= 0.6 is 0 Å². The summed E-state index contributed by atoms with van der Waals surface area (Å²) in [7, 11) is 0. The van der Waals surface area contributed by atoms with E-state index in [1.165, 1.54) is 0 Å². The maximum absolute atomic E-state index is 6.44. The molecule has 7 rings (SSSR count). The minimum Gasteiger partial charge on any atom is -0.437 e. The Morgan fingerprint density at radius 2 is 1.44 bits per heavy atom. The standard InChI is InChI=1S/C32H23N3O/c1-20-16-18-25(30-29(20)24-19-17-21(2)33-32(24)36-30)31-34-26-13-7-9-15-28(26)35(31)27-14-8-6-12-23(27)22-10-4-3-5-11-22/h3-19H,1-2H3. The van der Waals surface area contributed by atoms with E-state index in [4.69, 9.17) is 9.40 Å². The Hall–Kier alpha value is -4.70. The Labute approximate surface area is 208 Å². The minimum atomic E-state index is 0.660. The number of hydrogen-bond acceptors (Lipinski definition) is 3. The van der Waals surface area contributed by atoms with Crippen LogP contribution in [0.1, 0.15) is 11.3 Å². The summed E-state index contributed by atoms with van der Waals surface area (Å²) in [5.74, 6) is 0.848. The van der Waals surface area contributed by atoms with Gasteiger partial charge in [-0.2, -0.15) is 0 Å². The van der Waals surface area contributed by atoms with Crippen molar-refractivity contribution in [2.24, 2.45) is 0 Å². The molecule has 4 aromatic carbocycles. The SMILES string of the molecule is Cc1ccc2c(n1)oc1c(-c3nc4ccccc4n3-c3ccccc3-c3ccccc3)ccc(C)c12. The lowest BCUT2D eigenvalue weighted by atomic mass is 10.0. The van der Waals surface area contributed by atoms with Crippen molar-refractivity contribution in [2.75, 3.05) is 0 Å². The van der Waals surface area contributed by atoms with Gasteiger partial charge in [0, 0.05) is 22.0 Å². The van der Waals surface area contributed by atoms with Gasteiger partial charge in [0.15, 0.2) is 0 Å². The first kappa shape index (κ1) is 20.7. The minimum absolute atomic E-state index is 0.660. The molecule has 36 heavy (non-hydrogen) atoms. The highest BCUT2D eigenvalue weighted by molar-refractivity contribution is 6.10. The highest BCUT2D eigenvalue weighted by Crippen LogP contribution is 2.40. The molecule has 0 saturated heterocycles. The van der Waals surface area contributed by atoms with Crippen LogP contribution in [0.15, 0.2) is 108 Å². The number of aryl methyl sites for hydroxylation is 2. The topological polar surface area (TPSA) is 43.9 Å². The van der Waals surface area contributed by atoms with Gasteiger partial charge in [-0.15, -0.1) is 0 Å². The van der Waals surface area contributed by atoms with E-state index in [0.29, 0.717) is 5.71 Å². The van der Waals surface area contributed by atoms with Crippen molar-refractivity contribution < 1.29 is 4.42 Å². The van der Waals surface area contributed by atoms with E-state index >= 15 is 0 Å². The average Bonchev–Trinajstić information content (AvgIpc) is 3.48. The van der Waals surface area contributed by atoms with Gasteiger partial charge in [-0.1, -0.05) is 66.7 Å². The summed E-state index contributed by atoms with van der Waals surface area (Å²) >= 11 is 0. The molecule has 4 nitrogen and oxygen atoms in total. The molecule has 0 spiro atoms. The van der Waals surface area contributed by atoms with Crippen LogP contribution in [-0.2, 0) is 0 Å². The Kier molecular flexibility index (Phi) is 4.55. The Balaban J connectivity index is 1.59. The van der Waals surface area contributed by atoms with E-state index in [-0.39, 0.29) is 0 Å². The van der Waals surface area contributed by atoms with Gasteiger partial charge < -0.3 is 4.42 Å². The van der Waals surface area contributed by atoms with Crippen molar-refractivity contribution in [1.82, 2.24) is 14.5 Å². The van der Waals surface area contributed by atoms with Crippen LogP contribution < -0.4 is 0 Å². The van der Waals surface area contributed by atoms with Crippen LogP contribution in [0.25, 0.3) is 61.3 Å². The zero-order chi connectivity index (χ0) is 24.2. The summed E-state index contributed by atoms with van der Waals surface area (Å²) in [6.07, 6.45) is 0. The summed E-state index contributed by atoms with van der Waals surface area (Å²) in [4.78, 5) is 9.82. The molecule has 7 aromatic rings. The quantitative estimate of drug-likeness (QED) is 0.264. The summed E-state index contributed by atoms with van der Waals surface area (Å²) in [5, 5.41) is 2.12. The van der Waals surface area contributed by atoms with Crippen LogP contribution in [-0.4, -0.2) is 14.5 Å². The molecule has 0 N–H and O–H groups in total. The predicted octanol–water partition coefficient (Wildman–Crippen LogP) is 8.27. The number of fused-ring (bicyclic) bond motifs is 4. The van der Waals surface area contributed by atoms with Crippen LogP contribution in [0.2, 0.25) is 0 Å². The van der Waals surface area contributed by atoms with Crippen LogP contribution in [0.4, 0.5) is 0 Å². The second-order valence-electron chi connectivity index (χ2n) is 9.18. The molecule has 0 atom stereocenters. The molecular weight excluding hydrogens is 442 g/mol. The van der Waals surface area contributed by atoms with Gasteiger partial charge in [-0.05, 0) is 61.4 Å². The molecule has 172 valence electrons. The molecular formula is C32H23N3O. The van der Waals surface area contributed by atoms with E-state index < -0.39 is 0 Å². The smallest absolute Gasteiger partial charge is 0.227 e. The maximum Gasteiger partial charge on any atom is 0.227 e. The van der Waals surface area contributed by atoms with Crippen LogP contribution in [0.3, 0.4) is 0 Å². The normalized spacial score (nSPS) is 11.6. The fraction of sp³-hybridized carbons (Fsp3) is 0.0625. The fourth-order valence-corrected chi connectivity index (χ4v) is 5.18. The summed E-state index contributed by atoms with van der Waals surface area (Å²) < 4.78 is 8.69. The number of nitrogens with zero attached hydrogens (tertiary/aromatic N) is 3. The molecule has 0 aliphatic heterocycles. The van der Waals surface area contributed by atoms with Crippen molar-refractivity contribution in [2.45, 2.75) is 13.8 Å². The molecule has 0 amide bonds. The number of para-hydroxylation sites is 3. The third-order valence-corrected chi connectivity index (χ3v) is 6.87. The van der Waals surface area contributed by atoms with Crippen molar-refractivity contribution in [3.8, 4) is 28.2 Å². The first-order chi connectivity index (χ1) is 17.7. The number of imidazole rings is 1. The highest BCUT2D eigenvalue weighted by Gasteiger charge is 2.22. The van der Waals surface area contributed by atoms with Gasteiger partial charge in [0.25, 0.3) is 0 Å². The molecule has 0 aliphatic rings. The molecule has 0 unspecified atom stereocenters. The van der Waals surface area contributed by atoms with E-state index in [2.05, 4.69) is 101 Å². The van der Waals surface area contributed by atoms with Gasteiger partial charge in [0.1, 0.15) is 11.4 Å². The van der Waals surface area contributed by atoms with Crippen molar-refractivity contribution in [3.05, 3.63) is 114 Å². The lowest BCUT2D eigenvalue weighted by Crippen LogP contribution is -2.00. The Morgan fingerprint density at radius 3 is 2.33 bits per heavy atom. The Bertz CT molecular complexity index is 1910. The molecule has 0 radical (unpaired) electrons. The second-order valence-corrected chi connectivity index (χ2v) is 9.18. The van der Waals surface area contributed by atoms with Gasteiger partial charge >= 0.3 is 0 Å². The van der Waals surface area contributed by atoms with E-state index in [9.17, 15) is 0 Å². The number of furan rings is 1. The number of pyridine rings is 1. The highest BCUT2D eigenvalue weighted by atomic mass is 16.3. The molecule has 4 heteroatoms.